The first-order valence-corrected chi connectivity index (χ1v) is 7.80. The maximum Gasteiger partial charge on any atom is 0.182 e. The van der Waals surface area contributed by atoms with Crippen molar-refractivity contribution in [3.63, 3.8) is 0 Å². The van der Waals surface area contributed by atoms with Crippen molar-refractivity contribution in [2.24, 2.45) is 0 Å². The summed E-state index contributed by atoms with van der Waals surface area (Å²) < 4.78 is 1.96. The Morgan fingerprint density at radius 3 is 2.50 bits per heavy atom. The van der Waals surface area contributed by atoms with Gasteiger partial charge in [0.05, 0.1) is 6.54 Å². The van der Waals surface area contributed by atoms with Crippen molar-refractivity contribution in [2.75, 3.05) is 0 Å². The van der Waals surface area contributed by atoms with Crippen LogP contribution in [0.1, 0.15) is 35.7 Å². The molecule has 0 amide bonds. The summed E-state index contributed by atoms with van der Waals surface area (Å²) in [5.74, 6) is 0.588. The summed E-state index contributed by atoms with van der Waals surface area (Å²) >= 11 is 5.99. The van der Waals surface area contributed by atoms with Gasteiger partial charge in [-0.2, -0.15) is 0 Å². The number of halogens is 1. The fourth-order valence-corrected chi connectivity index (χ4v) is 2.79. The normalized spacial score (nSPS) is 11.3. The van der Waals surface area contributed by atoms with E-state index in [9.17, 15) is 4.79 Å². The van der Waals surface area contributed by atoms with E-state index in [4.69, 9.17) is 11.6 Å². The Morgan fingerprint density at radius 1 is 1.09 bits per heavy atom. The quantitative estimate of drug-likeness (QED) is 0.599. The molecule has 3 aromatic rings. The molecule has 0 spiro atoms. The third kappa shape index (κ3) is 2.93. The molecule has 0 radical (unpaired) electrons. The monoisotopic (exact) mass is 311 g/mol. The lowest BCUT2D eigenvalue weighted by Crippen LogP contribution is -2.09. The molecule has 22 heavy (non-hydrogen) atoms. The Labute approximate surface area is 135 Å². The highest BCUT2D eigenvalue weighted by Gasteiger charge is 2.10. The highest BCUT2D eigenvalue weighted by Crippen LogP contribution is 2.21. The molecule has 0 aliphatic heterocycles. The number of benzene rings is 2. The number of hydrogen-bond donors (Lipinski definition) is 0. The first-order valence-electron chi connectivity index (χ1n) is 7.42. The van der Waals surface area contributed by atoms with Crippen LogP contribution in [-0.2, 0) is 6.54 Å². The first-order chi connectivity index (χ1) is 10.5. The highest BCUT2D eigenvalue weighted by molar-refractivity contribution is 6.31. The lowest BCUT2D eigenvalue weighted by Gasteiger charge is -2.08. The number of hydrogen-bond acceptors (Lipinski definition) is 1. The van der Waals surface area contributed by atoms with Crippen LogP contribution in [0, 0.1) is 0 Å². The maximum atomic E-state index is 12.5. The number of Topliss-reactive ketones (excluding diaryl/α,β-unsaturated/α-hetero) is 1. The molecule has 1 heterocycles. The Kier molecular flexibility index (Phi) is 4.04. The van der Waals surface area contributed by atoms with E-state index < -0.39 is 0 Å². The summed E-state index contributed by atoms with van der Waals surface area (Å²) in [6.45, 7) is 4.63. The molecule has 0 aliphatic rings. The summed E-state index contributed by atoms with van der Waals surface area (Å²) in [5, 5.41) is 1.76. The molecule has 0 aliphatic carbocycles. The lowest BCUT2D eigenvalue weighted by molar-refractivity contribution is 0.0973. The van der Waals surface area contributed by atoms with E-state index in [-0.39, 0.29) is 5.78 Å². The van der Waals surface area contributed by atoms with Gasteiger partial charge in [0.1, 0.15) is 0 Å². The zero-order valence-electron chi connectivity index (χ0n) is 12.7. The van der Waals surface area contributed by atoms with Gasteiger partial charge in [-0.3, -0.25) is 4.79 Å². The second-order valence-corrected chi connectivity index (χ2v) is 6.28. The van der Waals surface area contributed by atoms with Gasteiger partial charge >= 0.3 is 0 Å². The zero-order chi connectivity index (χ0) is 15.7. The second-order valence-electron chi connectivity index (χ2n) is 5.85. The largest absolute Gasteiger partial charge is 0.340 e. The minimum Gasteiger partial charge on any atom is -0.340 e. The minimum atomic E-state index is 0.114. The van der Waals surface area contributed by atoms with Crippen LogP contribution in [0.5, 0.6) is 0 Å². The molecule has 3 heteroatoms. The predicted molar refractivity (Wildman–Crippen MR) is 91.8 cm³/mol. The molecular weight excluding hydrogens is 294 g/mol. The van der Waals surface area contributed by atoms with Crippen molar-refractivity contribution < 1.29 is 4.79 Å². The van der Waals surface area contributed by atoms with Gasteiger partial charge in [0.2, 0.25) is 0 Å². The molecule has 0 unspecified atom stereocenters. The van der Waals surface area contributed by atoms with Crippen molar-refractivity contribution in [2.45, 2.75) is 26.3 Å². The van der Waals surface area contributed by atoms with Crippen LogP contribution in [0.2, 0.25) is 5.02 Å². The van der Waals surface area contributed by atoms with E-state index in [0.717, 1.165) is 16.5 Å². The van der Waals surface area contributed by atoms with Crippen LogP contribution in [0.25, 0.3) is 10.9 Å². The summed E-state index contributed by atoms with van der Waals surface area (Å²) in [5.41, 5.74) is 3.02. The SMILES string of the molecule is CC(C)c1ccc(C(=O)Cn2ccc3cc(Cl)ccc32)cc1. The zero-order valence-corrected chi connectivity index (χ0v) is 13.5. The first kappa shape index (κ1) is 14.9. The van der Waals surface area contributed by atoms with Crippen LogP contribution in [0.3, 0.4) is 0 Å². The number of ketones is 1. The molecule has 3 rings (SSSR count). The smallest absolute Gasteiger partial charge is 0.182 e. The fourth-order valence-electron chi connectivity index (χ4n) is 2.61. The Hall–Kier alpha value is -2.06. The van der Waals surface area contributed by atoms with E-state index in [0.29, 0.717) is 17.5 Å². The van der Waals surface area contributed by atoms with Gasteiger partial charge in [0.25, 0.3) is 0 Å². The van der Waals surface area contributed by atoms with E-state index in [1.54, 1.807) is 0 Å². The van der Waals surface area contributed by atoms with E-state index in [1.807, 2.05) is 59.3 Å². The van der Waals surface area contributed by atoms with Gasteiger partial charge in [-0.25, -0.2) is 0 Å². The van der Waals surface area contributed by atoms with E-state index in [1.165, 1.54) is 5.56 Å². The molecule has 0 N–H and O–H groups in total. The number of carbonyl (C=O) groups is 1. The van der Waals surface area contributed by atoms with Crippen LogP contribution in [0.15, 0.2) is 54.7 Å². The fraction of sp³-hybridized carbons (Fsp3) is 0.211. The molecule has 2 nitrogen and oxygen atoms in total. The van der Waals surface area contributed by atoms with Crippen LogP contribution < -0.4 is 0 Å². The molecule has 1 aromatic heterocycles. The maximum absolute atomic E-state index is 12.5. The molecular formula is C19H18ClNO. The number of nitrogens with zero attached hydrogens (tertiary/aromatic N) is 1. The third-order valence-electron chi connectivity index (χ3n) is 3.95. The van der Waals surface area contributed by atoms with E-state index >= 15 is 0 Å². The van der Waals surface area contributed by atoms with Gasteiger partial charge in [-0.05, 0) is 35.7 Å². The van der Waals surface area contributed by atoms with Crippen LogP contribution >= 0.6 is 11.6 Å². The lowest BCUT2D eigenvalue weighted by atomic mass is 10.0. The van der Waals surface area contributed by atoms with Crippen molar-refractivity contribution in [3.05, 3.63) is 70.9 Å². The molecule has 112 valence electrons. The summed E-state index contributed by atoms with van der Waals surface area (Å²) in [4.78, 5) is 12.5. The number of carbonyl (C=O) groups excluding carboxylic acids is 1. The topological polar surface area (TPSA) is 22.0 Å². The molecule has 0 saturated heterocycles. The number of rotatable bonds is 4. The Morgan fingerprint density at radius 2 is 1.82 bits per heavy atom. The molecule has 0 fully saturated rings. The molecule has 0 bridgehead atoms. The number of fused-ring (bicyclic) bond motifs is 1. The molecule has 0 saturated carbocycles. The average molecular weight is 312 g/mol. The van der Waals surface area contributed by atoms with Crippen LogP contribution in [-0.4, -0.2) is 10.4 Å². The Bertz CT molecular complexity index is 815. The van der Waals surface area contributed by atoms with Crippen molar-refractivity contribution in [1.82, 2.24) is 4.57 Å². The van der Waals surface area contributed by atoms with Crippen molar-refractivity contribution in [3.8, 4) is 0 Å². The number of aromatic nitrogens is 1. The van der Waals surface area contributed by atoms with Crippen molar-refractivity contribution in [1.29, 1.82) is 0 Å². The van der Waals surface area contributed by atoms with E-state index in [2.05, 4.69) is 13.8 Å². The van der Waals surface area contributed by atoms with Crippen molar-refractivity contribution >= 4 is 28.3 Å². The van der Waals surface area contributed by atoms with Gasteiger partial charge in [-0.1, -0.05) is 49.7 Å². The second kappa shape index (κ2) is 5.98. The Balaban J connectivity index is 1.83. The summed E-state index contributed by atoms with van der Waals surface area (Å²) in [6.07, 6.45) is 1.93. The molecule has 0 atom stereocenters. The predicted octanol–water partition coefficient (Wildman–Crippen LogP) is 5.30. The van der Waals surface area contributed by atoms with Gasteiger partial charge in [0, 0.05) is 27.7 Å². The van der Waals surface area contributed by atoms with Gasteiger partial charge < -0.3 is 4.57 Å². The van der Waals surface area contributed by atoms with Gasteiger partial charge in [0.15, 0.2) is 5.78 Å². The highest BCUT2D eigenvalue weighted by atomic mass is 35.5. The minimum absolute atomic E-state index is 0.114. The third-order valence-corrected chi connectivity index (χ3v) is 4.18. The van der Waals surface area contributed by atoms with Gasteiger partial charge in [-0.15, -0.1) is 0 Å². The average Bonchev–Trinajstić information content (AvgIpc) is 2.89. The molecule has 2 aromatic carbocycles. The van der Waals surface area contributed by atoms with Crippen LogP contribution in [0.4, 0.5) is 0 Å². The standard InChI is InChI=1S/C19H18ClNO/c1-13(2)14-3-5-15(6-4-14)19(22)12-21-10-9-16-11-17(20)7-8-18(16)21/h3-11,13H,12H2,1-2H3. The summed E-state index contributed by atoms with van der Waals surface area (Å²) in [6, 6.07) is 15.6. The summed E-state index contributed by atoms with van der Waals surface area (Å²) in [7, 11) is 0.